The molecule has 1 aromatic rings. The van der Waals surface area contributed by atoms with E-state index in [-0.39, 0.29) is 0 Å². The van der Waals surface area contributed by atoms with Crippen LogP contribution in [0.5, 0.6) is 0 Å². The van der Waals surface area contributed by atoms with Crippen molar-refractivity contribution in [3.05, 3.63) is 17.5 Å². The predicted molar refractivity (Wildman–Crippen MR) is 63.9 cm³/mol. The van der Waals surface area contributed by atoms with Crippen LogP contribution in [0, 0.1) is 5.92 Å². The number of anilines is 1. The molecule has 0 amide bonds. The number of hydrogen-bond acceptors (Lipinski definition) is 4. The highest BCUT2D eigenvalue weighted by atomic mass is 35.5. The SMILES string of the molecule is CCOC[C@H]1CCN(c2nccnc2Cl)C1. The molecule has 0 aliphatic carbocycles. The van der Waals surface area contributed by atoms with Gasteiger partial charge in [0.1, 0.15) is 0 Å². The summed E-state index contributed by atoms with van der Waals surface area (Å²) in [7, 11) is 0. The van der Waals surface area contributed by atoms with Crippen molar-refractivity contribution in [2.45, 2.75) is 13.3 Å². The lowest BCUT2D eigenvalue weighted by molar-refractivity contribution is 0.117. The molecular formula is C11H16ClN3O. The van der Waals surface area contributed by atoms with Crippen LogP contribution in [-0.4, -0.2) is 36.3 Å². The van der Waals surface area contributed by atoms with Gasteiger partial charge in [0.25, 0.3) is 0 Å². The highest BCUT2D eigenvalue weighted by Gasteiger charge is 2.25. The van der Waals surface area contributed by atoms with Gasteiger partial charge in [0.2, 0.25) is 0 Å². The van der Waals surface area contributed by atoms with E-state index in [1.54, 1.807) is 12.4 Å². The number of halogens is 1. The fraction of sp³-hybridized carbons (Fsp3) is 0.636. The van der Waals surface area contributed by atoms with Crippen LogP contribution in [0.4, 0.5) is 5.82 Å². The van der Waals surface area contributed by atoms with Crippen molar-refractivity contribution in [3.8, 4) is 0 Å². The number of hydrogen-bond donors (Lipinski definition) is 0. The van der Waals surface area contributed by atoms with Crippen molar-refractivity contribution >= 4 is 17.4 Å². The Morgan fingerprint density at radius 1 is 1.50 bits per heavy atom. The lowest BCUT2D eigenvalue weighted by Gasteiger charge is -2.17. The number of rotatable bonds is 4. The zero-order valence-electron chi connectivity index (χ0n) is 9.40. The minimum Gasteiger partial charge on any atom is -0.381 e. The first kappa shape index (κ1) is 11.6. The summed E-state index contributed by atoms with van der Waals surface area (Å²) >= 11 is 6.01. The predicted octanol–water partition coefficient (Wildman–Crippen LogP) is 1.99. The monoisotopic (exact) mass is 241 g/mol. The van der Waals surface area contributed by atoms with Crippen molar-refractivity contribution in [2.75, 3.05) is 31.2 Å². The molecule has 1 aliphatic rings. The zero-order valence-corrected chi connectivity index (χ0v) is 10.2. The van der Waals surface area contributed by atoms with Crippen molar-refractivity contribution < 1.29 is 4.74 Å². The summed E-state index contributed by atoms with van der Waals surface area (Å²) in [5.74, 6) is 1.38. The maximum atomic E-state index is 6.01. The number of ether oxygens (including phenoxy) is 1. The fourth-order valence-corrected chi connectivity index (χ4v) is 2.20. The third kappa shape index (κ3) is 2.62. The molecule has 16 heavy (non-hydrogen) atoms. The zero-order chi connectivity index (χ0) is 11.4. The average molecular weight is 242 g/mol. The molecule has 1 fully saturated rings. The van der Waals surface area contributed by atoms with E-state index in [1.165, 1.54) is 0 Å². The third-order valence-corrected chi connectivity index (χ3v) is 3.05. The Labute approximate surface area is 101 Å². The van der Waals surface area contributed by atoms with E-state index in [9.17, 15) is 0 Å². The summed E-state index contributed by atoms with van der Waals surface area (Å²) in [6, 6.07) is 0. The minimum atomic E-state index is 0.486. The van der Waals surface area contributed by atoms with E-state index < -0.39 is 0 Å². The average Bonchev–Trinajstić information content (AvgIpc) is 2.75. The molecule has 1 aromatic heterocycles. The van der Waals surface area contributed by atoms with Crippen LogP contribution in [0.3, 0.4) is 0 Å². The first-order chi connectivity index (χ1) is 7.81. The van der Waals surface area contributed by atoms with Crippen molar-refractivity contribution in [1.82, 2.24) is 9.97 Å². The molecule has 2 heterocycles. The Bertz CT molecular complexity index is 348. The summed E-state index contributed by atoms with van der Waals surface area (Å²) in [5.41, 5.74) is 0. The first-order valence-electron chi connectivity index (χ1n) is 5.60. The second kappa shape index (κ2) is 5.46. The Kier molecular flexibility index (Phi) is 3.96. The van der Waals surface area contributed by atoms with E-state index in [0.29, 0.717) is 11.1 Å². The Morgan fingerprint density at radius 3 is 3.06 bits per heavy atom. The maximum absolute atomic E-state index is 6.01. The summed E-state index contributed by atoms with van der Waals surface area (Å²) < 4.78 is 5.44. The smallest absolute Gasteiger partial charge is 0.171 e. The highest BCUT2D eigenvalue weighted by molar-refractivity contribution is 6.31. The lowest BCUT2D eigenvalue weighted by atomic mass is 10.1. The molecular weight excluding hydrogens is 226 g/mol. The largest absolute Gasteiger partial charge is 0.381 e. The van der Waals surface area contributed by atoms with Crippen molar-refractivity contribution in [2.24, 2.45) is 5.92 Å². The van der Waals surface area contributed by atoms with E-state index in [0.717, 1.165) is 38.5 Å². The van der Waals surface area contributed by atoms with Crippen LogP contribution in [-0.2, 0) is 4.74 Å². The molecule has 5 heteroatoms. The van der Waals surface area contributed by atoms with Crippen molar-refractivity contribution in [3.63, 3.8) is 0 Å². The second-order valence-electron chi connectivity index (χ2n) is 3.93. The van der Waals surface area contributed by atoms with Crippen LogP contribution < -0.4 is 4.90 Å². The van der Waals surface area contributed by atoms with E-state index >= 15 is 0 Å². The quantitative estimate of drug-likeness (QED) is 0.808. The Hall–Kier alpha value is -0.870. The normalized spacial score (nSPS) is 20.4. The van der Waals surface area contributed by atoms with Gasteiger partial charge in [0, 0.05) is 38.0 Å². The van der Waals surface area contributed by atoms with Gasteiger partial charge in [-0.15, -0.1) is 0 Å². The second-order valence-corrected chi connectivity index (χ2v) is 4.29. The van der Waals surface area contributed by atoms with Crippen LogP contribution in [0.1, 0.15) is 13.3 Å². The number of nitrogens with zero attached hydrogens (tertiary/aromatic N) is 3. The van der Waals surface area contributed by atoms with Gasteiger partial charge in [-0.05, 0) is 13.3 Å². The minimum absolute atomic E-state index is 0.486. The van der Waals surface area contributed by atoms with E-state index in [2.05, 4.69) is 14.9 Å². The molecule has 0 radical (unpaired) electrons. The van der Waals surface area contributed by atoms with Gasteiger partial charge in [0.15, 0.2) is 11.0 Å². The molecule has 1 saturated heterocycles. The molecule has 2 rings (SSSR count). The molecule has 1 aliphatic heterocycles. The van der Waals surface area contributed by atoms with E-state index in [1.807, 2.05) is 6.92 Å². The van der Waals surface area contributed by atoms with Gasteiger partial charge in [-0.1, -0.05) is 11.6 Å². The summed E-state index contributed by atoms with van der Waals surface area (Å²) in [4.78, 5) is 10.5. The van der Waals surface area contributed by atoms with Crippen LogP contribution in [0.25, 0.3) is 0 Å². The molecule has 4 nitrogen and oxygen atoms in total. The van der Waals surface area contributed by atoms with Crippen LogP contribution in [0.15, 0.2) is 12.4 Å². The van der Waals surface area contributed by atoms with Gasteiger partial charge in [-0.3, -0.25) is 0 Å². The van der Waals surface area contributed by atoms with Gasteiger partial charge in [-0.2, -0.15) is 0 Å². The third-order valence-electron chi connectivity index (χ3n) is 2.78. The molecule has 1 atom stereocenters. The molecule has 0 saturated carbocycles. The summed E-state index contributed by atoms with van der Waals surface area (Å²) in [5, 5.41) is 0.486. The lowest BCUT2D eigenvalue weighted by Crippen LogP contribution is -2.22. The highest BCUT2D eigenvalue weighted by Crippen LogP contribution is 2.26. The molecule has 0 unspecified atom stereocenters. The summed E-state index contributed by atoms with van der Waals surface area (Å²) in [6.07, 6.45) is 4.42. The molecule has 88 valence electrons. The van der Waals surface area contributed by atoms with Gasteiger partial charge < -0.3 is 9.64 Å². The van der Waals surface area contributed by atoms with Gasteiger partial charge in [-0.25, -0.2) is 9.97 Å². The first-order valence-corrected chi connectivity index (χ1v) is 5.98. The topological polar surface area (TPSA) is 38.2 Å². The number of aromatic nitrogens is 2. The molecule has 0 bridgehead atoms. The standard InChI is InChI=1S/C11H16ClN3O/c1-2-16-8-9-3-6-15(7-9)11-10(12)13-4-5-14-11/h4-5,9H,2-3,6-8H2,1H3/t9-/m0/s1. The molecule has 0 N–H and O–H groups in total. The van der Waals surface area contributed by atoms with Crippen molar-refractivity contribution in [1.29, 1.82) is 0 Å². The molecule has 0 spiro atoms. The van der Waals surface area contributed by atoms with Crippen LogP contribution in [0.2, 0.25) is 5.15 Å². The van der Waals surface area contributed by atoms with E-state index in [4.69, 9.17) is 16.3 Å². The summed E-state index contributed by atoms with van der Waals surface area (Å²) in [6.45, 7) is 5.56. The fourth-order valence-electron chi connectivity index (χ4n) is 1.97. The van der Waals surface area contributed by atoms with Gasteiger partial charge in [0.05, 0.1) is 6.61 Å². The maximum Gasteiger partial charge on any atom is 0.171 e. The Balaban J connectivity index is 1.96. The van der Waals surface area contributed by atoms with Gasteiger partial charge >= 0.3 is 0 Å². The molecule has 0 aromatic carbocycles. The Morgan fingerprint density at radius 2 is 2.31 bits per heavy atom. The van der Waals surface area contributed by atoms with Crippen LogP contribution >= 0.6 is 11.6 Å².